The van der Waals surface area contributed by atoms with Crippen LogP contribution in [-0.2, 0) is 19.1 Å². The lowest BCUT2D eigenvalue weighted by Crippen LogP contribution is -2.27. The largest absolute Gasteiger partial charge is 0.367 e. The van der Waals surface area contributed by atoms with Gasteiger partial charge in [0, 0.05) is 11.6 Å². The maximum Gasteiger partial charge on any atom is 0.265 e. The number of amides is 1. The van der Waals surface area contributed by atoms with Gasteiger partial charge in [0.1, 0.15) is 5.82 Å². The molecule has 1 atom stereocenters. The third-order valence-corrected chi connectivity index (χ3v) is 2.21. The highest BCUT2D eigenvalue weighted by atomic mass is 32.2. The summed E-state index contributed by atoms with van der Waals surface area (Å²) in [6.07, 6.45) is -0.785. The topological polar surface area (TPSA) is 99.4 Å². The van der Waals surface area contributed by atoms with Crippen LogP contribution < -0.4 is 5.73 Å². The van der Waals surface area contributed by atoms with E-state index in [-0.39, 0.29) is 0 Å². The van der Waals surface area contributed by atoms with Gasteiger partial charge in [-0.3, -0.25) is 8.98 Å². The lowest BCUT2D eigenvalue weighted by Gasteiger charge is -2.13. The summed E-state index contributed by atoms with van der Waals surface area (Å²) in [5.41, 5.74) is 4.23. The third-order valence-electron chi connectivity index (χ3n) is 1.66. The fourth-order valence-corrected chi connectivity index (χ4v) is 1.60. The van der Waals surface area contributed by atoms with Crippen molar-refractivity contribution < 1.29 is 26.2 Å². The van der Waals surface area contributed by atoms with Gasteiger partial charge < -0.3 is 5.73 Å². The molecule has 0 spiro atoms. The minimum Gasteiger partial charge on any atom is -0.367 e. The van der Waals surface area contributed by atoms with E-state index in [0.717, 1.165) is 0 Å². The van der Waals surface area contributed by atoms with Crippen LogP contribution in [0.25, 0.3) is 0 Å². The van der Waals surface area contributed by atoms with Crippen molar-refractivity contribution in [3.8, 4) is 0 Å². The summed E-state index contributed by atoms with van der Waals surface area (Å²) in [7, 11) is -4.06. The average Bonchev–Trinajstić information content (AvgIpc) is 2.17. The smallest absolute Gasteiger partial charge is 0.265 e. The Balaban J connectivity index is 3.23. The average molecular weight is 266 g/mol. The van der Waals surface area contributed by atoms with Crippen LogP contribution in [0.4, 0.5) is 8.78 Å². The van der Waals surface area contributed by atoms with Crippen LogP contribution >= 0.6 is 0 Å². The molecule has 1 unspecified atom stereocenters. The van der Waals surface area contributed by atoms with Crippen molar-refractivity contribution in [2.75, 3.05) is 6.26 Å². The lowest BCUT2D eigenvalue weighted by atomic mass is 10.1. The Hall–Kier alpha value is -1.61. The van der Waals surface area contributed by atoms with Crippen LogP contribution in [0.15, 0.2) is 12.3 Å². The Bertz CT molecular complexity index is 546. The van der Waals surface area contributed by atoms with Gasteiger partial charge in [-0.15, -0.1) is 0 Å². The first-order chi connectivity index (χ1) is 7.70. The van der Waals surface area contributed by atoms with Crippen molar-refractivity contribution in [3.63, 3.8) is 0 Å². The summed E-state index contributed by atoms with van der Waals surface area (Å²) in [6, 6.07) is 0.538. The molecule has 94 valence electrons. The number of aromatic nitrogens is 1. The van der Waals surface area contributed by atoms with Gasteiger partial charge in [-0.1, -0.05) is 0 Å². The number of hydrogen-bond acceptors (Lipinski definition) is 5. The van der Waals surface area contributed by atoms with E-state index in [1.54, 1.807) is 0 Å². The Kier molecular flexibility index (Phi) is 3.73. The molecule has 0 aliphatic rings. The lowest BCUT2D eigenvalue weighted by molar-refractivity contribution is -0.124. The van der Waals surface area contributed by atoms with Gasteiger partial charge in [0.15, 0.2) is 6.10 Å². The van der Waals surface area contributed by atoms with Crippen molar-refractivity contribution in [1.82, 2.24) is 4.98 Å². The van der Waals surface area contributed by atoms with Gasteiger partial charge in [-0.25, -0.2) is 9.37 Å². The molecule has 2 N–H and O–H groups in total. The molecular weight excluding hydrogens is 258 g/mol. The summed E-state index contributed by atoms with van der Waals surface area (Å²) in [5.74, 6) is -3.46. The Morgan fingerprint density at radius 2 is 2.12 bits per heavy atom. The van der Waals surface area contributed by atoms with Crippen LogP contribution in [0, 0.1) is 11.8 Å². The molecule has 17 heavy (non-hydrogen) atoms. The minimum absolute atomic E-state index is 0.492. The fraction of sp³-hybridized carbons (Fsp3) is 0.250. The molecule has 9 heteroatoms. The molecule has 0 radical (unpaired) electrons. The van der Waals surface area contributed by atoms with Crippen LogP contribution in [0.3, 0.4) is 0 Å². The number of halogens is 2. The Labute approximate surface area is 95.5 Å². The van der Waals surface area contributed by atoms with E-state index in [0.29, 0.717) is 18.5 Å². The number of primary amides is 1. The highest BCUT2D eigenvalue weighted by molar-refractivity contribution is 7.86. The molecule has 0 bridgehead atoms. The van der Waals surface area contributed by atoms with Gasteiger partial charge in [0.25, 0.3) is 16.0 Å². The van der Waals surface area contributed by atoms with Crippen LogP contribution in [0.5, 0.6) is 0 Å². The highest BCUT2D eigenvalue weighted by Gasteiger charge is 2.27. The normalized spacial score (nSPS) is 13.4. The minimum atomic E-state index is -4.06. The SMILES string of the molecule is CS(=O)(=O)OC(C(N)=O)c1cc(F)ncc1F. The number of carbonyl (C=O) groups is 1. The van der Waals surface area contributed by atoms with Crippen LogP contribution in [-0.4, -0.2) is 25.6 Å². The molecule has 6 nitrogen and oxygen atoms in total. The Morgan fingerprint density at radius 1 is 1.53 bits per heavy atom. The molecule has 0 fully saturated rings. The maximum absolute atomic E-state index is 13.2. The predicted octanol–water partition coefficient (Wildman–Crippen LogP) is -0.138. The van der Waals surface area contributed by atoms with Gasteiger partial charge in [-0.05, 0) is 0 Å². The van der Waals surface area contributed by atoms with E-state index in [1.807, 2.05) is 0 Å². The van der Waals surface area contributed by atoms with E-state index in [4.69, 9.17) is 5.73 Å². The van der Waals surface area contributed by atoms with Crippen molar-refractivity contribution in [1.29, 1.82) is 0 Å². The van der Waals surface area contributed by atoms with Gasteiger partial charge in [0.05, 0.1) is 12.5 Å². The summed E-state index contributed by atoms with van der Waals surface area (Å²) in [5, 5.41) is 0. The second-order valence-electron chi connectivity index (χ2n) is 3.11. The number of pyridine rings is 1. The first kappa shape index (κ1) is 13.5. The standard InChI is InChI=1S/C8H8F2N2O4S/c1-17(14,15)16-7(8(11)13)4-2-6(10)12-3-5(4)9/h2-3,7H,1H3,(H2,11,13). The second-order valence-corrected chi connectivity index (χ2v) is 4.71. The monoisotopic (exact) mass is 266 g/mol. The first-order valence-corrected chi connectivity index (χ1v) is 6.01. The third kappa shape index (κ3) is 3.71. The van der Waals surface area contributed by atoms with E-state index >= 15 is 0 Å². The fourth-order valence-electron chi connectivity index (χ4n) is 1.06. The van der Waals surface area contributed by atoms with E-state index in [1.165, 1.54) is 0 Å². The summed E-state index contributed by atoms with van der Waals surface area (Å²) >= 11 is 0. The van der Waals surface area contributed by atoms with Crippen LogP contribution in [0.2, 0.25) is 0 Å². The van der Waals surface area contributed by atoms with Crippen molar-refractivity contribution >= 4 is 16.0 Å². The van der Waals surface area contributed by atoms with E-state index < -0.39 is 39.5 Å². The maximum atomic E-state index is 13.2. The molecule has 1 aromatic rings. The highest BCUT2D eigenvalue weighted by Crippen LogP contribution is 2.22. The number of hydrogen-bond donors (Lipinski definition) is 1. The molecule has 1 amide bonds. The zero-order valence-electron chi connectivity index (χ0n) is 8.55. The second kappa shape index (κ2) is 4.72. The molecule has 0 aliphatic carbocycles. The molecule has 1 heterocycles. The van der Waals surface area contributed by atoms with Gasteiger partial charge >= 0.3 is 0 Å². The van der Waals surface area contributed by atoms with E-state index in [9.17, 15) is 22.0 Å². The molecule has 0 saturated carbocycles. The molecule has 1 rings (SSSR count). The van der Waals surface area contributed by atoms with Crippen molar-refractivity contribution in [2.24, 2.45) is 5.73 Å². The first-order valence-electron chi connectivity index (χ1n) is 4.19. The number of rotatable bonds is 4. The molecular formula is C8H8F2N2O4S. The van der Waals surface area contributed by atoms with E-state index in [2.05, 4.69) is 9.17 Å². The van der Waals surface area contributed by atoms with Crippen molar-refractivity contribution in [3.05, 3.63) is 29.6 Å². The summed E-state index contributed by atoms with van der Waals surface area (Å²) in [6.45, 7) is 0. The molecule has 0 saturated heterocycles. The molecule has 1 aromatic heterocycles. The van der Waals surface area contributed by atoms with Crippen LogP contribution in [0.1, 0.15) is 11.7 Å². The zero-order valence-corrected chi connectivity index (χ0v) is 9.37. The predicted molar refractivity (Wildman–Crippen MR) is 52.0 cm³/mol. The molecule has 0 aliphatic heterocycles. The number of nitrogens with two attached hydrogens (primary N) is 1. The Morgan fingerprint density at radius 3 is 2.59 bits per heavy atom. The van der Waals surface area contributed by atoms with Crippen molar-refractivity contribution in [2.45, 2.75) is 6.10 Å². The zero-order chi connectivity index (χ0) is 13.2. The van der Waals surface area contributed by atoms with Gasteiger partial charge in [0.2, 0.25) is 5.95 Å². The van der Waals surface area contributed by atoms with Gasteiger partial charge in [-0.2, -0.15) is 12.8 Å². The summed E-state index contributed by atoms with van der Waals surface area (Å²) in [4.78, 5) is 13.9. The number of nitrogens with zero attached hydrogens (tertiary/aromatic N) is 1. The quantitative estimate of drug-likeness (QED) is 0.604. The summed E-state index contributed by atoms with van der Waals surface area (Å²) < 4.78 is 52.0. The molecule has 0 aromatic carbocycles. The number of carbonyl (C=O) groups excluding carboxylic acids is 1.